The Balaban J connectivity index is 1.16. The minimum atomic E-state index is -0.760. The molecule has 1 saturated heterocycles. The fourth-order valence-electron chi connectivity index (χ4n) is 6.77. The van der Waals surface area contributed by atoms with Crippen LogP contribution in [0.15, 0.2) is 65.9 Å². The zero-order chi connectivity index (χ0) is 39.1. The lowest BCUT2D eigenvalue weighted by atomic mass is 9.97. The normalized spacial score (nSPS) is 17.9. The van der Waals surface area contributed by atoms with E-state index in [1.807, 2.05) is 18.2 Å². The van der Waals surface area contributed by atoms with Crippen LogP contribution in [0.2, 0.25) is 15.1 Å². The molecule has 296 valence electrons. The number of hydrogen-bond donors (Lipinski definition) is 2. The smallest absolute Gasteiger partial charge is 0.410 e. The van der Waals surface area contributed by atoms with Gasteiger partial charge in [-0.1, -0.05) is 59.1 Å². The molecule has 2 aliphatic heterocycles. The van der Waals surface area contributed by atoms with Crippen LogP contribution >= 0.6 is 34.8 Å². The first kappa shape index (κ1) is 40.9. The van der Waals surface area contributed by atoms with Gasteiger partial charge in [-0.15, -0.1) is 0 Å². The topological polar surface area (TPSA) is 130 Å². The van der Waals surface area contributed by atoms with E-state index in [4.69, 9.17) is 64.2 Å². The summed E-state index contributed by atoms with van der Waals surface area (Å²) in [5.74, 6) is -1.09. The molecule has 1 saturated carbocycles. The number of aryl methyl sites for hydroxylation is 1. The molecule has 3 aliphatic rings. The number of carbonyl (C=O) groups excluding carboxylic acids is 2. The monoisotopic (exact) mass is 825 g/mol. The van der Waals surface area contributed by atoms with Gasteiger partial charge >= 0.3 is 6.09 Å². The molecule has 2 fully saturated rings. The SMILES string of the molecule is O=C(C1=C(Oc2ccc(CCCOc3c(F)ccc(F)c3Cl)cc2)CC2CCC1N2C(=O)OCCOCCON(O)O)N(Cc1cccc(Cl)c1Cl)C1CC1. The van der Waals surface area contributed by atoms with Crippen LogP contribution in [0, 0.1) is 11.6 Å². The lowest BCUT2D eigenvalue weighted by molar-refractivity contribution is -0.493. The van der Waals surface area contributed by atoms with Crippen molar-refractivity contribution < 1.29 is 52.6 Å². The Morgan fingerprint density at radius 2 is 1.60 bits per heavy atom. The number of ether oxygens (including phenoxy) is 4. The van der Waals surface area contributed by atoms with Gasteiger partial charge in [-0.3, -0.25) is 20.1 Å². The van der Waals surface area contributed by atoms with Crippen molar-refractivity contribution in [2.24, 2.45) is 0 Å². The van der Waals surface area contributed by atoms with Crippen LogP contribution in [0.5, 0.6) is 11.5 Å². The van der Waals surface area contributed by atoms with Gasteiger partial charge in [0.25, 0.3) is 5.91 Å². The summed E-state index contributed by atoms with van der Waals surface area (Å²) in [4.78, 5) is 36.1. The molecule has 17 heteroatoms. The van der Waals surface area contributed by atoms with Gasteiger partial charge in [0, 0.05) is 25.0 Å². The largest absolute Gasteiger partial charge is 0.489 e. The van der Waals surface area contributed by atoms with E-state index in [0.717, 1.165) is 30.5 Å². The summed E-state index contributed by atoms with van der Waals surface area (Å²) in [5, 5.41) is 17.2. The van der Waals surface area contributed by atoms with Crippen molar-refractivity contribution in [1.29, 1.82) is 0 Å². The highest BCUT2D eigenvalue weighted by molar-refractivity contribution is 6.42. The summed E-state index contributed by atoms with van der Waals surface area (Å²) in [7, 11) is 0. The number of fused-ring (bicyclic) bond motifs is 2. The van der Waals surface area contributed by atoms with Crippen molar-refractivity contribution in [2.75, 3.05) is 33.0 Å². The maximum absolute atomic E-state index is 14.7. The molecular weight excluding hydrogens is 787 g/mol. The molecule has 2 N–H and O–H groups in total. The van der Waals surface area contributed by atoms with Gasteiger partial charge in [-0.05, 0) is 80.0 Å². The van der Waals surface area contributed by atoms with Crippen LogP contribution in [0.25, 0.3) is 0 Å². The highest BCUT2D eigenvalue weighted by Crippen LogP contribution is 2.43. The van der Waals surface area contributed by atoms with E-state index in [1.54, 1.807) is 34.1 Å². The summed E-state index contributed by atoms with van der Waals surface area (Å²) < 4.78 is 50.6. The van der Waals surface area contributed by atoms with Crippen LogP contribution in [-0.4, -0.2) is 88.8 Å². The Bertz CT molecular complexity index is 1870. The molecule has 0 aromatic heterocycles. The third kappa shape index (κ3) is 10.4. The van der Waals surface area contributed by atoms with E-state index >= 15 is 0 Å². The predicted octanol–water partition coefficient (Wildman–Crippen LogP) is 8.16. The van der Waals surface area contributed by atoms with Crippen molar-refractivity contribution in [3.63, 3.8) is 0 Å². The maximum atomic E-state index is 14.7. The molecular formula is C38H40Cl3F2N3O9. The number of halogens is 5. The third-order valence-electron chi connectivity index (χ3n) is 9.53. The van der Waals surface area contributed by atoms with E-state index in [9.17, 15) is 18.4 Å². The van der Waals surface area contributed by atoms with Crippen molar-refractivity contribution in [1.82, 2.24) is 15.2 Å². The molecule has 55 heavy (non-hydrogen) atoms. The van der Waals surface area contributed by atoms with Gasteiger partial charge in [0.05, 0.1) is 53.5 Å². The number of hydrogen-bond acceptors (Lipinski definition) is 10. The predicted molar refractivity (Wildman–Crippen MR) is 196 cm³/mol. The Kier molecular flexibility index (Phi) is 14.1. The number of carbonyl (C=O) groups is 2. The summed E-state index contributed by atoms with van der Waals surface area (Å²) in [6.45, 7) is 0.227. The van der Waals surface area contributed by atoms with E-state index in [2.05, 4.69) is 4.84 Å². The Morgan fingerprint density at radius 3 is 2.35 bits per heavy atom. The summed E-state index contributed by atoms with van der Waals surface area (Å²) in [5.41, 5.74) is 2.03. The molecule has 12 nitrogen and oxygen atoms in total. The van der Waals surface area contributed by atoms with Crippen molar-refractivity contribution >= 4 is 46.8 Å². The minimum absolute atomic E-state index is 0.0163. The molecule has 3 aromatic carbocycles. The van der Waals surface area contributed by atoms with Gasteiger partial charge in [0.1, 0.15) is 29.0 Å². The number of benzene rings is 3. The fourth-order valence-corrected chi connectivity index (χ4v) is 7.36. The molecule has 2 atom stereocenters. The van der Waals surface area contributed by atoms with Gasteiger partial charge in [0.2, 0.25) is 0 Å². The van der Waals surface area contributed by atoms with Gasteiger partial charge in [0.15, 0.2) is 11.6 Å². The summed E-state index contributed by atoms with van der Waals surface area (Å²) >= 11 is 18.7. The Morgan fingerprint density at radius 1 is 0.855 bits per heavy atom. The number of amides is 2. The lowest BCUT2D eigenvalue weighted by Crippen LogP contribution is -2.50. The maximum Gasteiger partial charge on any atom is 0.410 e. The zero-order valence-electron chi connectivity index (χ0n) is 29.6. The molecule has 3 aromatic rings. The van der Waals surface area contributed by atoms with Crippen LogP contribution in [0.3, 0.4) is 0 Å². The molecule has 0 spiro atoms. The highest BCUT2D eigenvalue weighted by atomic mass is 35.5. The first-order valence-electron chi connectivity index (χ1n) is 17.9. The lowest BCUT2D eigenvalue weighted by Gasteiger charge is -2.38. The standard InChI is InChI=1S/C38H40Cl3F2N3O9/c39-28-5-1-4-24(34(28)40)22-44(25-8-9-25)37(47)33-31-15-10-26(45(31)38(48)53-19-17-51-18-20-54-46(49)50)21-32(33)55-27-11-6-23(7-12-27)3-2-16-52-36-30(43)14-13-29(42)35(36)41/h1,4-7,11-14,25-26,31,49-50H,2-3,8-10,15-22H2. The number of nitrogens with zero attached hydrogens (tertiary/aromatic N) is 3. The molecule has 6 rings (SSSR count). The molecule has 2 unspecified atom stereocenters. The van der Waals surface area contributed by atoms with Crippen molar-refractivity contribution in [2.45, 2.75) is 69.6 Å². The summed E-state index contributed by atoms with van der Waals surface area (Å²) in [6.07, 6.45) is 3.59. The molecule has 2 bridgehead atoms. The van der Waals surface area contributed by atoms with Crippen LogP contribution in [0.4, 0.5) is 13.6 Å². The second-order valence-electron chi connectivity index (χ2n) is 13.3. The Hall–Kier alpha value is -3.73. The third-order valence-corrected chi connectivity index (χ3v) is 10.7. The van der Waals surface area contributed by atoms with Gasteiger partial charge in [-0.25, -0.2) is 18.4 Å². The van der Waals surface area contributed by atoms with Crippen molar-refractivity contribution in [3.05, 3.63) is 104 Å². The fraction of sp³-hybridized carbons (Fsp3) is 0.421. The van der Waals surface area contributed by atoms with Crippen LogP contribution in [-0.2, 0) is 32.1 Å². The van der Waals surface area contributed by atoms with E-state index in [1.165, 1.54) is 0 Å². The zero-order valence-corrected chi connectivity index (χ0v) is 31.9. The van der Waals surface area contributed by atoms with Gasteiger partial charge < -0.3 is 23.8 Å². The second kappa shape index (κ2) is 18.9. The molecule has 2 amide bonds. The van der Waals surface area contributed by atoms with E-state index in [-0.39, 0.29) is 69.7 Å². The summed E-state index contributed by atoms with van der Waals surface area (Å²) in [6, 6.07) is 13.7. The average molecular weight is 827 g/mol. The molecule has 1 aliphatic carbocycles. The van der Waals surface area contributed by atoms with Crippen LogP contribution < -0.4 is 9.47 Å². The Labute approximate surface area is 331 Å². The van der Waals surface area contributed by atoms with Gasteiger partial charge in [-0.2, -0.15) is 0 Å². The first-order chi connectivity index (χ1) is 26.5. The van der Waals surface area contributed by atoms with Crippen molar-refractivity contribution in [3.8, 4) is 11.5 Å². The minimum Gasteiger partial charge on any atom is -0.489 e. The number of rotatable bonds is 18. The molecule has 0 radical (unpaired) electrons. The average Bonchev–Trinajstić information content (AvgIpc) is 3.96. The quantitative estimate of drug-likeness (QED) is 0.0736. The van der Waals surface area contributed by atoms with E-state index in [0.29, 0.717) is 58.4 Å². The molecule has 2 heterocycles. The first-order valence-corrected chi connectivity index (χ1v) is 19.0. The second-order valence-corrected chi connectivity index (χ2v) is 14.4. The highest BCUT2D eigenvalue weighted by Gasteiger charge is 2.50. The van der Waals surface area contributed by atoms with E-state index < -0.39 is 34.2 Å². The van der Waals surface area contributed by atoms with Crippen LogP contribution in [0.1, 0.15) is 49.7 Å².